The number of hydrogen-bond acceptors (Lipinski definition) is 6. The highest BCUT2D eigenvalue weighted by molar-refractivity contribution is 6.30. The van der Waals surface area contributed by atoms with E-state index in [-0.39, 0.29) is 12.5 Å². The van der Waals surface area contributed by atoms with Crippen molar-refractivity contribution in [3.05, 3.63) is 41.1 Å². The van der Waals surface area contributed by atoms with E-state index in [0.717, 1.165) is 55.9 Å². The number of carbonyl (C=O) groups is 2. The molecule has 9 heteroatoms. The fourth-order valence-electron chi connectivity index (χ4n) is 3.43. The molecule has 1 aliphatic rings. The van der Waals surface area contributed by atoms with Crippen LogP contribution in [0.25, 0.3) is 11.3 Å². The number of nitrogens with zero attached hydrogens (tertiary/aromatic N) is 2. The van der Waals surface area contributed by atoms with Crippen LogP contribution in [0.2, 0.25) is 5.02 Å². The molecular weight excluding hydrogens is 408 g/mol. The number of amides is 2. The van der Waals surface area contributed by atoms with Gasteiger partial charge in [-0.3, -0.25) is 9.69 Å². The molecule has 2 aromatic rings. The van der Waals surface area contributed by atoms with Gasteiger partial charge in [0.1, 0.15) is 5.69 Å². The molecule has 0 bridgehead atoms. The maximum Gasteiger partial charge on any atom is 0.407 e. The lowest BCUT2D eigenvalue weighted by atomic mass is 9.93. The van der Waals surface area contributed by atoms with Crippen molar-refractivity contribution in [3.63, 3.8) is 0 Å². The van der Waals surface area contributed by atoms with Crippen LogP contribution in [-0.2, 0) is 16.1 Å². The van der Waals surface area contributed by atoms with Crippen molar-refractivity contribution in [1.82, 2.24) is 20.7 Å². The fraction of sp³-hybridized carbons (Fsp3) is 0.476. The minimum absolute atomic E-state index is 0.262. The first-order chi connectivity index (χ1) is 14.5. The monoisotopic (exact) mass is 434 g/mol. The minimum atomic E-state index is -0.558. The zero-order valence-corrected chi connectivity index (χ0v) is 17.8. The highest BCUT2D eigenvalue weighted by Gasteiger charge is 2.21. The number of halogens is 1. The van der Waals surface area contributed by atoms with E-state index in [4.69, 9.17) is 20.9 Å². The Hall–Kier alpha value is -2.58. The van der Waals surface area contributed by atoms with Gasteiger partial charge in [0.15, 0.2) is 12.4 Å². The predicted octanol–water partition coefficient (Wildman–Crippen LogP) is 3.07. The van der Waals surface area contributed by atoms with E-state index >= 15 is 0 Å². The van der Waals surface area contributed by atoms with Crippen LogP contribution in [0, 0.1) is 5.92 Å². The summed E-state index contributed by atoms with van der Waals surface area (Å²) in [5.74, 6) is 1.07. The van der Waals surface area contributed by atoms with Crippen LogP contribution in [0.3, 0.4) is 0 Å². The summed E-state index contributed by atoms with van der Waals surface area (Å²) >= 11 is 5.93. The lowest BCUT2D eigenvalue weighted by molar-refractivity contribution is -0.123. The minimum Gasteiger partial charge on any atom is -0.439 e. The van der Waals surface area contributed by atoms with Gasteiger partial charge < -0.3 is 19.9 Å². The van der Waals surface area contributed by atoms with Crippen molar-refractivity contribution >= 4 is 23.6 Å². The summed E-state index contributed by atoms with van der Waals surface area (Å²) in [4.78, 5) is 24.9. The standard InChI is InChI=1S/C21H27ClN4O4/c1-23-20(27)14-29-21(28)24-9-6-15-7-10-26(11-8-15)13-18-12-19(25-30-18)16-2-4-17(22)5-3-16/h2-5,12,15H,6-11,13-14H2,1H3,(H,23,27)(H,24,28). The Labute approximate surface area is 180 Å². The second kappa shape index (κ2) is 11.0. The number of piperidine rings is 1. The Bertz CT molecular complexity index is 832. The van der Waals surface area contributed by atoms with Crippen LogP contribution in [0.4, 0.5) is 4.79 Å². The Balaban J connectivity index is 1.34. The van der Waals surface area contributed by atoms with Gasteiger partial charge in [0.05, 0.1) is 6.54 Å². The molecule has 2 heterocycles. The third-order valence-electron chi connectivity index (χ3n) is 5.22. The van der Waals surface area contributed by atoms with Gasteiger partial charge in [-0.15, -0.1) is 0 Å². The molecule has 30 heavy (non-hydrogen) atoms. The SMILES string of the molecule is CNC(=O)COC(=O)NCCC1CCN(Cc2cc(-c3ccc(Cl)cc3)no2)CC1. The molecule has 0 atom stereocenters. The Morgan fingerprint density at radius 1 is 1.27 bits per heavy atom. The summed E-state index contributed by atoms with van der Waals surface area (Å²) in [5.41, 5.74) is 1.79. The third kappa shape index (κ3) is 6.74. The second-order valence-electron chi connectivity index (χ2n) is 7.37. The third-order valence-corrected chi connectivity index (χ3v) is 5.47. The van der Waals surface area contributed by atoms with E-state index in [1.54, 1.807) is 0 Å². The molecule has 1 aliphatic heterocycles. The van der Waals surface area contributed by atoms with Crippen molar-refractivity contribution in [2.24, 2.45) is 5.92 Å². The largest absolute Gasteiger partial charge is 0.439 e. The first-order valence-corrected chi connectivity index (χ1v) is 10.5. The van der Waals surface area contributed by atoms with E-state index in [1.807, 2.05) is 30.3 Å². The Morgan fingerprint density at radius 2 is 2.00 bits per heavy atom. The van der Waals surface area contributed by atoms with E-state index in [1.165, 1.54) is 7.05 Å². The number of ether oxygens (including phenoxy) is 1. The van der Waals surface area contributed by atoms with Crippen molar-refractivity contribution < 1.29 is 18.8 Å². The smallest absolute Gasteiger partial charge is 0.407 e. The number of likely N-dealkylation sites (tertiary alicyclic amines) is 1. The van der Waals surface area contributed by atoms with Crippen molar-refractivity contribution in [2.75, 3.05) is 33.3 Å². The number of nitrogens with one attached hydrogen (secondary N) is 2. The molecule has 0 unspecified atom stereocenters. The molecule has 2 N–H and O–H groups in total. The maximum absolute atomic E-state index is 11.5. The quantitative estimate of drug-likeness (QED) is 0.662. The lowest BCUT2D eigenvalue weighted by Gasteiger charge is -2.31. The molecule has 2 amide bonds. The summed E-state index contributed by atoms with van der Waals surface area (Å²) in [7, 11) is 1.50. The number of hydrogen-bond donors (Lipinski definition) is 2. The first kappa shape index (κ1) is 22.1. The summed E-state index contributed by atoms with van der Waals surface area (Å²) in [5, 5.41) is 9.95. The molecule has 1 saturated heterocycles. The van der Waals surface area contributed by atoms with Crippen LogP contribution in [-0.4, -0.2) is 55.3 Å². The number of likely N-dealkylation sites (N-methyl/N-ethyl adjacent to an activating group) is 1. The number of rotatable bonds is 8. The molecule has 3 rings (SSSR count). The zero-order chi connectivity index (χ0) is 21.3. The van der Waals surface area contributed by atoms with Crippen molar-refractivity contribution in [3.8, 4) is 11.3 Å². The van der Waals surface area contributed by atoms with E-state index in [0.29, 0.717) is 17.5 Å². The highest BCUT2D eigenvalue weighted by Crippen LogP contribution is 2.24. The van der Waals surface area contributed by atoms with Gasteiger partial charge in [0, 0.05) is 30.2 Å². The first-order valence-electron chi connectivity index (χ1n) is 10.1. The Kier molecular flexibility index (Phi) is 8.10. The molecule has 162 valence electrons. The molecule has 1 aromatic carbocycles. The van der Waals surface area contributed by atoms with Crippen LogP contribution in [0.15, 0.2) is 34.9 Å². The fourth-order valence-corrected chi connectivity index (χ4v) is 3.56. The molecule has 1 aromatic heterocycles. The average Bonchev–Trinajstić information content (AvgIpc) is 3.22. The maximum atomic E-state index is 11.5. The molecule has 1 fully saturated rings. The molecule has 8 nitrogen and oxygen atoms in total. The van der Waals surface area contributed by atoms with E-state index < -0.39 is 6.09 Å². The van der Waals surface area contributed by atoms with Crippen molar-refractivity contribution in [2.45, 2.75) is 25.8 Å². The van der Waals surface area contributed by atoms with Crippen LogP contribution in [0.5, 0.6) is 0 Å². The lowest BCUT2D eigenvalue weighted by Crippen LogP contribution is -2.35. The van der Waals surface area contributed by atoms with Gasteiger partial charge in [-0.1, -0.05) is 28.9 Å². The summed E-state index contributed by atoms with van der Waals surface area (Å²) in [6, 6.07) is 9.51. The van der Waals surface area contributed by atoms with Gasteiger partial charge in [0.25, 0.3) is 5.91 Å². The molecule has 0 radical (unpaired) electrons. The molecule has 0 spiro atoms. The van der Waals surface area contributed by atoms with Gasteiger partial charge in [-0.2, -0.15) is 0 Å². The van der Waals surface area contributed by atoms with E-state index in [2.05, 4.69) is 20.7 Å². The number of aromatic nitrogens is 1. The van der Waals surface area contributed by atoms with Gasteiger partial charge in [0.2, 0.25) is 0 Å². The predicted molar refractivity (Wildman–Crippen MR) is 113 cm³/mol. The van der Waals surface area contributed by atoms with Crippen LogP contribution < -0.4 is 10.6 Å². The number of benzene rings is 1. The normalized spacial score (nSPS) is 15.0. The molecule has 0 saturated carbocycles. The van der Waals surface area contributed by atoms with Crippen LogP contribution in [0.1, 0.15) is 25.0 Å². The highest BCUT2D eigenvalue weighted by atomic mass is 35.5. The van der Waals surface area contributed by atoms with Crippen LogP contribution >= 0.6 is 11.6 Å². The molecule has 0 aliphatic carbocycles. The average molecular weight is 435 g/mol. The van der Waals surface area contributed by atoms with Gasteiger partial charge in [-0.25, -0.2) is 4.79 Å². The van der Waals surface area contributed by atoms with E-state index in [9.17, 15) is 9.59 Å². The topological polar surface area (TPSA) is 96.7 Å². The summed E-state index contributed by atoms with van der Waals surface area (Å²) in [6.07, 6.45) is 2.46. The zero-order valence-electron chi connectivity index (χ0n) is 17.0. The van der Waals surface area contributed by atoms with Gasteiger partial charge in [-0.05, 0) is 50.4 Å². The molecular formula is C21H27ClN4O4. The van der Waals surface area contributed by atoms with Crippen molar-refractivity contribution in [1.29, 1.82) is 0 Å². The summed E-state index contributed by atoms with van der Waals surface area (Å²) in [6.45, 7) is 2.97. The number of carbonyl (C=O) groups excluding carboxylic acids is 2. The van der Waals surface area contributed by atoms with Gasteiger partial charge >= 0.3 is 6.09 Å². The summed E-state index contributed by atoms with van der Waals surface area (Å²) < 4.78 is 10.3. The Morgan fingerprint density at radius 3 is 2.70 bits per heavy atom. The second-order valence-corrected chi connectivity index (χ2v) is 7.81. The number of alkyl carbamates (subject to hydrolysis) is 1.